The third kappa shape index (κ3) is 3.87. The van der Waals surface area contributed by atoms with Crippen molar-refractivity contribution in [2.45, 2.75) is 32.4 Å². The molecule has 1 aromatic rings. The van der Waals surface area contributed by atoms with Crippen LogP contribution in [0.2, 0.25) is 5.02 Å². The smallest absolute Gasteiger partial charge is 0.410 e. The van der Waals surface area contributed by atoms with Crippen molar-refractivity contribution in [3.05, 3.63) is 27.2 Å². The Hall–Kier alpha value is -1.47. The van der Waals surface area contributed by atoms with Gasteiger partial charge in [-0.25, -0.2) is 4.79 Å². The van der Waals surface area contributed by atoms with Crippen LogP contribution in [0.25, 0.3) is 0 Å². The Morgan fingerprint density at radius 3 is 2.76 bits per heavy atom. The Labute approximate surface area is 160 Å². The third-order valence-electron chi connectivity index (χ3n) is 4.08. The molecule has 3 rings (SSSR count). The number of carbonyl (C=O) groups is 2. The van der Waals surface area contributed by atoms with Crippen molar-refractivity contribution in [2.75, 3.05) is 26.2 Å². The Morgan fingerprint density at radius 2 is 2.08 bits per heavy atom. The number of nitrogens with zero attached hydrogens (tertiary/aromatic N) is 2. The van der Waals surface area contributed by atoms with Crippen LogP contribution in [0.1, 0.15) is 31.1 Å². The molecular formula is C17H20BrClN2O4. The van der Waals surface area contributed by atoms with Crippen LogP contribution < -0.4 is 4.74 Å². The zero-order valence-electron chi connectivity index (χ0n) is 14.3. The molecule has 2 heterocycles. The number of amides is 2. The molecule has 0 radical (unpaired) electrons. The summed E-state index contributed by atoms with van der Waals surface area (Å²) in [6.45, 7) is 7.04. The summed E-state index contributed by atoms with van der Waals surface area (Å²) >= 11 is 9.47. The van der Waals surface area contributed by atoms with Crippen LogP contribution in [0, 0.1) is 0 Å². The number of halogens is 2. The molecule has 2 amide bonds. The molecule has 1 aromatic carbocycles. The molecule has 0 saturated carbocycles. The molecule has 8 heteroatoms. The first-order valence-corrected chi connectivity index (χ1v) is 9.23. The first kappa shape index (κ1) is 18.3. The van der Waals surface area contributed by atoms with E-state index in [2.05, 4.69) is 15.9 Å². The highest BCUT2D eigenvalue weighted by Crippen LogP contribution is 2.34. The van der Waals surface area contributed by atoms with Crippen molar-refractivity contribution in [1.29, 1.82) is 0 Å². The number of hydrogen-bond acceptors (Lipinski definition) is 4. The van der Waals surface area contributed by atoms with Gasteiger partial charge in [0.15, 0.2) is 0 Å². The van der Waals surface area contributed by atoms with Crippen molar-refractivity contribution >= 4 is 39.5 Å². The van der Waals surface area contributed by atoms with E-state index < -0.39 is 5.60 Å². The van der Waals surface area contributed by atoms with Crippen LogP contribution in [-0.2, 0) is 4.74 Å². The Balaban J connectivity index is 1.78. The normalized spacial score (nSPS) is 20.4. The fourth-order valence-corrected chi connectivity index (χ4v) is 3.40. The molecule has 0 unspecified atom stereocenters. The maximum absolute atomic E-state index is 12.9. The minimum absolute atomic E-state index is 0.129. The van der Waals surface area contributed by atoms with E-state index in [9.17, 15) is 9.59 Å². The average molecular weight is 432 g/mol. The quantitative estimate of drug-likeness (QED) is 0.630. The number of hydrogen-bond donors (Lipinski definition) is 0. The van der Waals surface area contributed by atoms with Crippen LogP contribution in [-0.4, -0.2) is 59.7 Å². The van der Waals surface area contributed by atoms with Crippen molar-refractivity contribution in [1.82, 2.24) is 9.80 Å². The second-order valence-corrected chi connectivity index (χ2v) is 8.41. The van der Waals surface area contributed by atoms with E-state index in [4.69, 9.17) is 21.1 Å². The molecule has 1 saturated heterocycles. The first-order chi connectivity index (χ1) is 11.7. The molecular weight excluding hydrogens is 412 g/mol. The van der Waals surface area contributed by atoms with Crippen LogP contribution in [0.15, 0.2) is 16.6 Å². The van der Waals surface area contributed by atoms with E-state index in [1.165, 1.54) is 0 Å². The van der Waals surface area contributed by atoms with Gasteiger partial charge in [-0.05, 0) is 48.8 Å². The molecule has 1 fully saturated rings. The minimum Gasteiger partial charge on any atom is -0.490 e. The molecule has 0 N–H and O–H groups in total. The second kappa shape index (κ2) is 6.68. The van der Waals surface area contributed by atoms with Gasteiger partial charge < -0.3 is 19.3 Å². The Morgan fingerprint density at radius 1 is 1.36 bits per heavy atom. The van der Waals surface area contributed by atoms with Crippen LogP contribution in [0.5, 0.6) is 5.75 Å². The average Bonchev–Trinajstić information content (AvgIpc) is 2.64. The van der Waals surface area contributed by atoms with E-state index in [0.717, 1.165) is 0 Å². The first-order valence-electron chi connectivity index (χ1n) is 8.06. The number of carbonyl (C=O) groups excluding carboxylic acids is 2. The largest absolute Gasteiger partial charge is 0.490 e. The van der Waals surface area contributed by atoms with Gasteiger partial charge in [-0.2, -0.15) is 0 Å². The monoisotopic (exact) mass is 430 g/mol. The molecule has 25 heavy (non-hydrogen) atoms. The lowest BCUT2D eigenvalue weighted by Crippen LogP contribution is -2.58. The van der Waals surface area contributed by atoms with Gasteiger partial charge in [0.2, 0.25) is 0 Å². The predicted octanol–water partition coefficient (Wildman–Crippen LogP) is 3.56. The van der Waals surface area contributed by atoms with Gasteiger partial charge >= 0.3 is 6.09 Å². The summed E-state index contributed by atoms with van der Waals surface area (Å²) in [5.74, 6) is 0.371. The van der Waals surface area contributed by atoms with Gasteiger partial charge in [0.1, 0.15) is 18.0 Å². The fraction of sp³-hybridized carbons (Fsp3) is 0.529. The van der Waals surface area contributed by atoms with E-state index >= 15 is 0 Å². The molecule has 6 nitrogen and oxygen atoms in total. The summed E-state index contributed by atoms with van der Waals surface area (Å²) in [5, 5.41) is 0.460. The van der Waals surface area contributed by atoms with E-state index in [1.807, 2.05) is 20.8 Å². The molecule has 0 bridgehead atoms. The highest BCUT2D eigenvalue weighted by molar-refractivity contribution is 9.10. The van der Waals surface area contributed by atoms with Crippen LogP contribution in [0.3, 0.4) is 0 Å². The zero-order chi connectivity index (χ0) is 18.4. The van der Waals surface area contributed by atoms with Gasteiger partial charge in [-0.1, -0.05) is 11.6 Å². The molecule has 0 aromatic heterocycles. The van der Waals surface area contributed by atoms with E-state index in [0.29, 0.717) is 47.0 Å². The molecule has 136 valence electrons. The summed E-state index contributed by atoms with van der Waals surface area (Å²) in [7, 11) is 0. The Bertz CT molecular complexity index is 719. The summed E-state index contributed by atoms with van der Waals surface area (Å²) in [5.41, 5.74) is -0.107. The molecule has 0 aliphatic carbocycles. The highest BCUT2D eigenvalue weighted by atomic mass is 79.9. The van der Waals surface area contributed by atoms with E-state index in [-0.39, 0.29) is 18.0 Å². The molecule has 0 spiro atoms. The number of piperazine rings is 1. The number of ether oxygens (including phenoxy) is 2. The lowest BCUT2D eigenvalue weighted by atomic mass is 10.1. The fourth-order valence-electron chi connectivity index (χ4n) is 2.91. The van der Waals surface area contributed by atoms with Crippen molar-refractivity contribution in [2.24, 2.45) is 0 Å². The number of fused-ring (bicyclic) bond motifs is 2. The zero-order valence-corrected chi connectivity index (χ0v) is 16.7. The van der Waals surface area contributed by atoms with Gasteiger partial charge in [0, 0.05) is 24.1 Å². The van der Waals surface area contributed by atoms with Crippen molar-refractivity contribution < 1.29 is 19.1 Å². The number of rotatable bonds is 0. The van der Waals surface area contributed by atoms with Gasteiger partial charge in [0.05, 0.1) is 16.6 Å². The Kier molecular flexibility index (Phi) is 4.90. The maximum Gasteiger partial charge on any atom is 0.410 e. The summed E-state index contributed by atoms with van der Waals surface area (Å²) in [6, 6.07) is 3.10. The minimum atomic E-state index is -0.552. The summed E-state index contributed by atoms with van der Waals surface area (Å²) in [4.78, 5) is 28.6. The van der Waals surface area contributed by atoms with E-state index in [1.54, 1.807) is 21.9 Å². The van der Waals surface area contributed by atoms with Gasteiger partial charge in [-0.3, -0.25) is 4.79 Å². The van der Waals surface area contributed by atoms with Crippen LogP contribution in [0.4, 0.5) is 4.79 Å². The summed E-state index contributed by atoms with van der Waals surface area (Å²) in [6.07, 6.45) is -0.368. The van der Waals surface area contributed by atoms with Crippen LogP contribution >= 0.6 is 27.5 Å². The lowest BCUT2D eigenvalue weighted by Gasteiger charge is -2.40. The lowest BCUT2D eigenvalue weighted by molar-refractivity contribution is 0.000951. The standard InChI is InChI=1S/C17H20BrClN2O4/c1-17(2,3)25-16(23)20-4-5-21-10(8-20)9-24-14-7-12(18)13(19)6-11(14)15(21)22/h6-7,10H,4-5,8-9H2,1-3H3/t10-/m0/s1. The maximum atomic E-state index is 12.9. The SMILES string of the molecule is CC(C)(C)OC(=O)N1CCN2C(=O)c3cc(Cl)c(Br)cc3OC[C@@H]2C1. The third-order valence-corrected chi connectivity index (χ3v) is 5.28. The predicted molar refractivity (Wildman–Crippen MR) is 97.3 cm³/mol. The second-order valence-electron chi connectivity index (χ2n) is 7.15. The van der Waals surface area contributed by atoms with Crippen molar-refractivity contribution in [3.8, 4) is 5.75 Å². The van der Waals surface area contributed by atoms with Gasteiger partial charge in [0.25, 0.3) is 5.91 Å². The summed E-state index contributed by atoms with van der Waals surface area (Å²) < 4.78 is 11.9. The molecule has 2 aliphatic rings. The van der Waals surface area contributed by atoms with Gasteiger partial charge in [-0.15, -0.1) is 0 Å². The number of benzene rings is 1. The molecule has 2 aliphatic heterocycles. The molecule has 1 atom stereocenters. The highest BCUT2D eigenvalue weighted by Gasteiger charge is 2.38. The van der Waals surface area contributed by atoms with Crippen molar-refractivity contribution in [3.63, 3.8) is 0 Å². The topological polar surface area (TPSA) is 59.1 Å².